The highest BCUT2D eigenvalue weighted by atomic mass is 16.5. The summed E-state index contributed by atoms with van der Waals surface area (Å²) in [6.45, 7) is 5.91. The van der Waals surface area contributed by atoms with Crippen LogP contribution in [-0.2, 0) is 4.79 Å². The van der Waals surface area contributed by atoms with Crippen molar-refractivity contribution in [2.45, 2.75) is 39.2 Å². The van der Waals surface area contributed by atoms with Gasteiger partial charge >= 0.3 is 0 Å². The second-order valence-corrected chi connectivity index (χ2v) is 8.67. The zero-order valence-corrected chi connectivity index (χ0v) is 20.0. The lowest BCUT2D eigenvalue weighted by atomic mass is 9.86. The van der Waals surface area contributed by atoms with Crippen molar-refractivity contribution in [3.63, 3.8) is 0 Å². The summed E-state index contributed by atoms with van der Waals surface area (Å²) in [6.07, 6.45) is 2.01. The Morgan fingerprint density at radius 1 is 1.11 bits per heavy atom. The molecule has 3 heterocycles. The molecule has 1 N–H and O–H groups in total. The normalized spacial score (nSPS) is 15.0. The Bertz CT molecular complexity index is 1380. The fraction of sp³-hybridized carbons (Fsp3) is 0.269. The molecule has 5 rings (SSSR count). The molecule has 0 saturated heterocycles. The molecular weight excluding hydrogens is 444 g/mol. The molecule has 0 bridgehead atoms. The highest BCUT2D eigenvalue weighted by Gasteiger charge is 2.33. The molecule has 0 saturated carbocycles. The van der Waals surface area contributed by atoms with Crippen LogP contribution in [0.4, 0.5) is 5.82 Å². The number of benzene rings is 2. The lowest BCUT2D eigenvalue weighted by molar-refractivity contribution is -0.116. The second kappa shape index (κ2) is 9.17. The first-order chi connectivity index (χ1) is 16.9. The first-order valence-corrected chi connectivity index (χ1v) is 11.4. The van der Waals surface area contributed by atoms with Crippen LogP contribution >= 0.6 is 0 Å². The van der Waals surface area contributed by atoms with Gasteiger partial charge in [0.25, 0.3) is 5.95 Å². The van der Waals surface area contributed by atoms with Gasteiger partial charge in [-0.2, -0.15) is 14.9 Å². The molecular formula is C26H26N6O3. The molecule has 0 spiro atoms. The number of methoxy groups -OCH3 is 1. The molecule has 2 aromatic heterocycles. The van der Waals surface area contributed by atoms with Crippen LogP contribution in [-0.4, -0.2) is 44.1 Å². The number of nitrogens with zero attached hydrogens (tertiary/aromatic N) is 5. The van der Waals surface area contributed by atoms with Crippen molar-refractivity contribution in [2.24, 2.45) is 0 Å². The number of carbonyl (C=O) groups excluding carboxylic acids is 1. The van der Waals surface area contributed by atoms with E-state index in [0.717, 1.165) is 33.9 Å². The Kier molecular flexibility index (Phi) is 5.90. The monoisotopic (exact) mass is 470 g/mol. The smallest absolute Gasteiger partial charge is 0.272 e. The number of hydrogen-bond acceptors (Lipinski definition) is 7. The zero-order valence-electron chi connectivity index (χ0n) is 20.0. The van der Waals surface area contributed by atoms with E-state index in [1.54, 1.807) is 18.0 Å². The SMILES string of the molecule is COc1cccc(-c2cnnc(-n3nc(C)c4c3NC(=O)C[C@H]4c3ccc(OC(C)C)cc3)n2)c1. The number of ether oxygens (including phenoxy) is 2. The third kappa shape index (κ3) is 4.44. The van der Waals surface area contributed by atoms with Crippen LogP contribution in [0.15, 0.2) is 54.7 Å². The van der Waals surface area contributed by atoms with Gasteiger partial charge in [-0.1, -0.05) is 24.3 Å². The second-order valence-electron chi connectivity index (χ2n) is 8.67. The molecule has 0 unspecified atom stereocenters. The highest BCUT2D eigenvalue weighted by Crippen LogP contribution is 2.40. The van der Waals surface area contributed by atoms with Crippen LogP contribution in [0.25, 0.3) is 17.2 Å². The standard InChI is InChI=1S/C26H26N6O3/c1-15(2)35-19-10-8-17(9-11-19)21-13-23(33)29-25-24(21)16(3)31-32(25)26-28-22(14-27-30-26)18-6-5-7-20(12-18)34-4/h5-12,14-15,21H,13H2,1-4H3,(H,29,33)/t21-/m0/s1. The largest absolute Gasteiger partial charge is 0.497 e. The molecule has 9 nitrogen and oxygen atoms in total. The summed E-state index contributed by atoms with van der Waals surface area (Å²) < 4.78 is 12.6. The number of aryl methyl sites for hydroxylation is 1. The minimum Gasteiger partial charge on any atom is -0.497 e. The maximum atomic E-state index is 12.7. The van der Waals surface area contributed by atoms with Gasteiger partial charge in [-0.25, -0.2) is 4.98 Å². The number of fused-ring (bicyclic) bond motifs is 1. The molecule has 178 valence electrons. The quantitative estimate of drug-likeness (QED) is 0.448. The first-order valence-electron chi connectivity index (χ1n) is 11.4. The molecule has 1 aliphatic heterocycles. The lowest BCUT2D eigenvalue weighted by Gasteiger charge is -2.24. The highest BCUT2D eigenvalue weighted by molar-refractivity contribution is 5.95. The minimum atomic E-state index is -0.143. The number of nitrogens with one attached hydrogen (secondary N) is 1. The van der Waals surface area contributed by atoms with Gasteiger partial charge in [0, 0.05) is 23.5 Å². The van der Waals surface area contributed by atoms with E-state index in [-0.39, 0.29) is 23.9 Å². The van der Waals surface area contributed by atoms with E-state index in [1.165, 1.54) is 0 Å². The zero-order chi connectivity index (χ0) is 24.5. The van der Waals surface area contributed by atoms with E-state index in [2.05, 4.69) is 25.6 Å². The fourth-order valence-corrected chi connectivity index (χ4v) is 4.33. The Morgan fingerprint density at radius 3 is 2.66 bits per heavy atom. The van der Waals surface area contributed by atoms with Gasteiger partial charge in [0.15, 0.2) is 0 Å². The lowest BCUT2D eigenvalue weighted by Crippen LogP contribution is -2.25. The van der Waals surface area contributed by atoms with Crippen molar-refractivity contribution in [1.29, 1.82) is 0 Å². The van der Waals surface area contributed by atoms with Gasteiger partial charge in [-0.15, -0.1) is 5.10 Å². The summed E-state index contributed by atoms with van der Waals surface area (Å²) in [5.74, 6) is 2.12. The molecule has 1 aliphatic rings. The summed E-state index contributed by atoms with van der Waals surface area (Å²) in [5.41, 5.74) is 4.21. The number of rotatable bonds is 6. The van der Waals surface area contributed by atoms with E-state index in [9.17, 15) is 4.79 Å². The van der Waals surface area contributed by atoms with Crippen LogP contribution in [0.2, 0.25) is 0 Å². The Balaban J connectivity index is 1.54. The number of aromatic nitrogens is 5. The third-order valence-corrected chi connectivity index (χ3v) is 5.86. The predicted molar refractivity (Wildman–Crippen MR) is 131 cm³/mol. The van der Waals surface area contributed by atoms with Gasteiger partial charge in [-0.05, 0) is 50.6 Å². The van der Waals surface area contributed by atoms with Crippen molar-refractivity contribution >= 4 is 11.7 Å². The minimum absolute atomic E-state index is 0.0923. The average molecular weight is 471 g/mol. The summed E-state index contributed by atoms with van der Waals surface area (Å²) in [6, 6.07) is 15.4. The Labute approximate surface area is 203 Å². The van der Waals surface area contributed by atoms with E-state index in [4.69, 9.17) is 9.47 Å². The maximum absolute atomic E-state index is 12.7. The number of carbonyl (C=O) groups is 1. The molecule has 0 radical (unpaired) electrons. The van der Waals surface area contributed by atoms with E-state index in [1.807, 2.05) is 69.3 Å². The summed E-state index contributed by atoms with van der Waals surface area (Å²) in [4.78, 5) is 17.4. The van der Waals surface area contributed by atoms with E-state index in [0.29, 0.717) is 17.9 Å². The maximum Gasteiger partial charge on any atom is 0.272 e. The molecule has 0 aliphatic carbocycles. The average Bonchev–Trinajstić information content (AvgIpc) is 3.20. The van der Waals surface area contributed by atoms with E-state index >= 15 is 0 Å². The van der Waals surface area contributed by atoms with Gasteiger partial charge in [0.1, 0.15) is 17.3 Å². The number of amides is 1. The van der Waals surface area contributed by atoms with Crippen molar-refractivity contribution in [3.05, 3.63) is 71.5 Å². The summed E-state index contributed by atoms with van der Waals surface area (Å²) in [7, 11) is 1.62. The Hall–Kier alpha value is -4.27. The van der Waals surface area contributed by atoms with Crippen molar-refractivity contribution in [2.75, 3.05) is 12.4 Å². The first kappa shape index (κ1) is 22.5. The van der Waals surface area contributed by atoms with Crippen molar-refractivity contribution in [1.82, 2.24) is 25.0 Å². The molecule has 35 heavy (non-hydrogen) atoms. The number of anilines is 1. The molecule has 9 heteroatoms. The molecule has 2 aromatic carbocycles. The fourth-order valence-electron chi connectivity index (χ4n) is 4.33. The van der Waals surface area contributed by atoms with Crippen molar-refractivity contribution in [3.8, 4) is 28.7 Å². The summed E-state index contributed by atoms with van der Waals surface area (Å²) >= 11 is 0. The third-order valence-electron chi connectivity index (χ3n) is 5.86. The van der Waals surface area contributed by atoms with Crippen LogP contribution < -0.4 is 14.8 Å². The molecule has 1 amide bonds. The van der Waals surface area contributed by atoms with Crippen LogP contribution in [0.1, 0.15) is 43.0 Å². The van der Waals surface area contributed by atoms with Gasteiger partial charge < -0.3 is 14.8 Å². The Morgan fingerprint density at radius 2 is 1.91 bits per heavy atom. The topological polar surface area (TPSA) is 104 Å². The predicted octanol–water partition coefficient (Wildman–Crippen LogP) is 4.30. The van der Waals surface area contributed by atoms with Crippen LogP contribution in [0.3, 0.4) is 0 Å². The van der Waals surface area contributed by atoms with Crippen molar-refractivity contribution < 1.29 is 14.3 Å². The van der Waals surface area contributed by atoms with Gasteiger partial charge in [0.05, 0.1) is 30.8 Å². The molecule has 1 atom stereocenters. The summed E-state index contributed by atoms with van der Waals surface area (Å²) in [5, 5.41) is 16.0. The van der Waals surface area contributed by atoms with Gasteiger partial charge in [-0.3, -0.25) is 4.79 Å². The van der Waals surface area contributed by atoms with E-state index < -0.39 is 0 Å². The van der Waals surface area contributed by atoms with Crippen LogP contribution in [0, 0.1) is 6.92 Å². The van der Waals surface area contributed by atoms with Crippen LogP contribution in [0.5, 0.6) is 11.5 Å². The molecule has 4 aromatic rings. The van der Waals surface area contributed by atoms with Gasteiger partial charge in [0.2, 0.25) is 5.91 Å². The molecule has 0 fully saturated rings. The number of hydrogen-bond donors (Lipinski definition) is 1.